The van der Waals surface area contributed by atoms with Crippen molar-refractivity contribution in [1.82, 2.24) is 4.90 Å². The molecule has 2 rings (SSSR count). The number of benzene rings is 1. The number of carbonyl (C=O) groups is 1. The molecule has 4 nitrogen and oxygen atoms in total. The number of nitrogens with zero attached hydrogens (tertiary/aromatic N) is 1. The molecule has 0 saturated carbocycles. The predicted molar refractivity (Wildman–Crippen MR) is 68.8 cm³/mol. The van der Waals surface area contributed by atoms with Gasteiger partial charge in [-0.25, -0.2) is 0 Å². The summed E-state index contributed by atoms with van der Waals surface area (Å²) in [6.45, 7) is 1.16. The average Bonchev–Trinajstić information content (AvgIpc) is 2.83. The smallest absolute Gasteiger partial charge is 0.406 e. The van der Waals surface area contributed by atoms with Crippen LogP contribution in [0.2, 0.25) is 0 Å². The fourth-order valence-electron chi connectivity index (χ4n) is 2.69. The molecule has 0 aliphatic carbocycles. The predicted octanol–water partition coefficient (Wildman–Crippen LogP) is 2.79. The van der Waals surface area contributed by atoms with Crippen LogP contribution in [0.5, 0.6) is 5.75 Å². The third-order valence-electron chi connectivity index (χ3n) is 4.15. The van der Waals surface area contributed by atoms with Gasteiger partial charge in [-0.2, -0.15) is 13.2 Å². The van der Waals surface area contributed by atoms with Gasteiger partial charge in [0.05, 0.1) is 0 Å². The Morgan fingerprint density at radius 3 is 2.57 bits per heavy atom. The summed E-state index contributed by atoms with van der Waals surface area (Å²) in [5.41, 5.74) is -2.06. The monoisotopic (exact) mass is 303 g/mol. The maximum Gasteiger partial charge on any atom is 0.406 e. The van der Waals surface area contributed by atoms with Gasteiger partial charge >= 0.3 is 12.1 Å². The zero-order valence-electron chi connectivity index (χ0n) is 11.4. The normalized spacial score (nSPS) is 25.0. The van der Waals surface area contributed by atoms with Crippen LogP contribution in [0.4, 0.5) is 13.2 Å². The highest BCUT2D eigenvalue weighted by Crippen LogP contribution is 2.47. The first-order valence-electron chi connectivity index (χ1n) is 6.50. The first-order chi connectivity index (χ1) is 9.67. The minimum absolute atomic E-state index is 0.0267. The van der Waals surface area contributed by atoms with Crippen molar-refractivity contribution in [2.45, 2.75) is 25.6 Å². The van der Waals surface area contributed by atoms with E-state index in [9.17, 15) is 23.1 Å². The molecule has 2 unspecified atom stereocenters. The van der Waals surface area contributed by atoms with Gasteiger partial charge in [0.1, 0.15) is 5.75 Å². The molecule has 2 N–H and O–H groups in total. The topological polar surface area (TPSA) is 60.8 Å². The number of hydrogen-bond donors (Lipinski definition) is 2. The van der Waals surface area contributed by atoms with Gasteiger partial charge in [0.15, 0.2) is 5.41 Å². The lowest BCUT2D eigenvalue weighted by molar-refractivity contribution is -0.227. The Labute approximate surface area is 119 Å². The van der Waals surface area contributed by atoms with Crippen molar-refractivity contribution in [2.24, 2.45) is 5.41 Å². The van der Waals surface area contributed by atoms with E-state index < -0.39 is 36.6 Å². The molecule has 0 bridgehead atoms. The van der Waals surface area contributed by atoms with Gasteiger partial charge in [-0.1, -0.05) is 12.1 Å². The van der Waals surface area contributed by atoms with Crippen LogP contribution in [-0.2, 0) is 4.79 Å². The Bertz CT molecular complexity index is 547. The maximum atomic E-state index is 13.1. The fraction of sp³-hybridized carbons (Fsp3) is 0.500. The summed E-state index contributed by atoms with van der Waals surface area (Å²) >= 11 is 0. The molecular formula is C14H16F3NO3. The van der Waals surface area contributed by atoms with Crippen LogP contribution in [0.25, 0.3) is 0 Å². The van der Waals surface area contributed by atoms with Crippen LogP contribution in [0, 0.1) is 5.41 Å². The van der Waals surface area contributed by atoms with Crippen LogP contribution in [0.1, 0.15) is 24.9 Å². The lowest BCUT2D eigenvalue weighted by Crippen LogP contribution is -2.47. The maximum absolute atomic E-state index is 13.1. The Morgan fingerprint density at radius 1 is 1.43 bits per heavy atom. The van der Waals surface area contributed by atoms with E-state index in [1.54, 1.807) is 19.1 Å². The number of carboxylic acids is 1. The number of halogens is 3. The number of carboxylic acid groups (broad SMARTS) is 1. The number of aromatic hydroxyl groups is 1. The molecule has 1 aromatic carbocycles. The Kier molecular flexibility index (Phi) is 3.88. The molecule has 116 valence electrons. The summed E-state index contributed by atoms with van der Waals surface area (Å²) in [7, 11) is 0. The van der Waals surface area contributed by atoms with Crippen molar-refractivity contribution in [1.29, 1.82) is 0 Å². The summed E-state index contributed by atoms with van der Waals surface area (Å²) in [5.74, 6) is -1.81. The molecule has 1 aliphatic rings. The second-order valence-electron chi connectivity index (χ2n) is 5.38. The number of alkyl halides is 3. The Hall–Kier alpha value is -1.76. The number of likely N-dealkylation sites (tertiary alicyclic amines) is 1. The quantitative estimate of drug-likeness (QED) is 0.901. The zero-order chi connectivity index (χ0) is 15.8. The van der Waals surface area contributed by atoms with Gasteiger partial charge < -0.3 is 10.2 Å². The minimum Gasteiger partial charge on any atom is -0.508 e. The molecule has 1 fully saturated rings. The number of aliphatic carboxylic acids is 1. The van der Waals surface area contributed by atoms with Gasteiger partial charge in [-0.05, 0) is 31.0 Å². The molecule has 0 radical (unpaired) electrons. The summed E-state index contributed by atoms with van der Waals surface area (Å²) in [6.07, 6.45) is -5.25. The van der Waals surface area contributed by atoms with Crippen molar-refractivity contribution >= 4 is 5.97 Å². The summed E-state index contributed by atoms with van der Waals surface area (Å²) in [5, 5.41) is 18.5. The van der Waals surface area contributed by atoms with Gasteiger partial charge in [-0.15, -0.1) is 0 Å². The van der Waals surface area contributed by atoms with E-state index in [-0.39, 0.29) is 12.3 Å². The van der Waals surface area contributed by atoms with E-state index in [2.05, 4.69) is 0 Å². The molecule has 1 heterocycles. The number of phenolic OH excluding ortho intramolecular Hbond substituents is 1. The number of rotatable bonds is 3. The van der Waals surface area contributed by atoms with Gasteiger partial charge in [0.25, 0.3) is 0 Å². The van der Waals surface area contributed by atoms with E-state index >= 15 is 0 Å². The standard InChI is InChI=1S/C14H16F3NO3/c1-9(10-3-2-4-11(19)7-10)18-6-5-13(8-18,12(20)21)14(15,16)17/h2-4,7,9,19H,5-6,8H2,1H3,(H,20,21). The molecule has 1 aliphatic heterocycles. The Morgan fingerprint density at radius 2 is 2.10 bits per heavy atom. The lowest BCUT2D eigenvalue weighted by Gasteiger charge is -2.29. The molecular weight excluding hydrogens is 287 g/mol. The largest absolute Gasteiger partial charge is 0.508 e. The van der Waals surface area contributed by atoms with E-state index in [1.807, 2.05) is 0 Å². The van der Waals surface area contributed by atoms with E-state index in [1.165, 1.54) is 17.0 Å². The molecule has 1 aromatic rings. The number of hydrogen-bond acceptors (Lipinski definition) is 3. The molecule has 2 atom stereocenters. The molecule has 0 spiro atoms. The van der Waals surface area contributed by atoms with E-state index in [0.717, 1.165) is 0 Å². The Balaban J connectivity index is 2.23. The molecule has 1 saturated heterocycles. The highest BCUT2D eigenvalue weighted by atomic mass is 19.4. The molecule has 0 amide bonds. The molecule has 7 heteroatoms. The summed E-state index contributed by atoms with van der Waals surface area (Å²) in [4.78, 5) is 12.6. The van der Waals surface area contributed by atoms with E-state index in [0.29, 0.717) is 5.56 Å². The fourth-order valence-corrected chi connectivity index (χ4v) is 2.69. The van der Waals surface area contributed by atoms with Gasteiger partial charge in [0, 0.05) is 19.1 Å². The van der Waals surface area contributed by atoms with Crippen LogP contribution >= 0.6 is 0 Å². The third kappa shape index (κ3) is 2.70. The van der Waals surface area contributed by atoms with Crippen LogP contribution in [-0.4, -0.2) is 40.3 Å². The summed E-state index contributed by atoms with van der Waals surface area (Å²) in [6, 6.07) is 5.83. The van der Waals surface area contributed by atoms with Crippen LogP contribution < -0.4 is 0 Å². The van der Waals surface area contributed by atoms with Crippen molar-refractivity contribution < 1.29 is 28.2 Å². The highest BCUT2D eigenvalue weighted by Gasteiger charge is 2.63. The van der Waals surface area contributed by atoms with Gasteiger partial charge in [-0.3, -0.25) is 9.69 Å². The van der Waals surface area contributed by atoms with Crippen molar-refractivity contribution in [2.75, 3.05) is 13.1 Å². The number of phenols is 1. The second-order valence-corrected chi connectivity index (χ2v) is 5.38. The van der Waals surface area contributed by atoms with E-state index in [4.69, 9.17) is 5.11 Å². The summed E-state index contributed by atoms with van der Waals surface area (Å²) < 4.78 is 39.4. The highest BCUT2D eigenvalue weighted by molar-refractivity contribution is 5.76. The first kappa shape index (κ1) is 15.6. The van der Waals surface area contributed by atoms with Gasteiger partial charge in [0.2, 0.25) is 0 Å². The molecule has 21 heavy (non-hydrogen) atoms. The first-order valence-corrected chi connectivity index (χ1v) is 6.50. The SMILES string of the molecule is CC(c1cccc(O)c1)N1CCC(C(=O)O)(C(F)(F)F)C1. The zero-order valence-corrected chi connectivity index (χ0v) is 11.4. The second kappa shape index (κ2) is 5.22. The van der Waals surface area contributed by atoms with Crippen molar-refractivity contribution in [3.8, 4) is 5.75 Å². The van der Waals surface area contributed by atoms with Crippen LogP contribution in [0.15, 0.2) is 24.3 Å². The van der Waals surface area contributed by atoms with Crippen LogP contribution in [0.3, 0.4) is 0 Å². The third-order valence-corrected chi connectivity index (χ3v) is 4.15. The van der Waals surface area contributed by atoms with Crippen molar-refractivity contribution in [3.05, 3.63) is 29.8 Å². The average molecular weight is 303 g/mol. The lowest BCUT2D eigenvalue weighted by atomic mass is 9.86. The van der Waals surface area contributed by atoms with Crippen molar-refractivity contribution in [3.63, 3.8) is 0 Å². The molecule has 0 aromatic heterocycles. The minimum atomic E-state index is -4.79.